The van der Waals surface area contributed by atoms with E-state index in [0.717, 1.165) is 0 Å². The molecule has 2 aliphatic rings. The third-order valence-corrected chi connectivity index (χ3v) is 2.48. The molecule has 2 rings (SSSR count). The molecule has 1 atom stereocenters. The summed E-state index contributed by atoms with van der Waals surface area (Å²) in [5.74, 6) is -0.276. The van der Waals surface area contributed by atoms with Gasteiger partial charge in [-0.25, -0.2) is 4.21 Å². The van der Waals surface area contributed by atoms with Crippen molar-refractivity contribution in [3.05, 3.63) is 0 Å². The number of amidine groups is 1. The van der Waals surface area contributed by atoms with Crippen LogP contribution in [0, 0.1) is 0 Å². The first-order chi connectivity index (χ1) is 6.27. The van der Waals surface area contributed by atoms with E-state index in [4.69, 9.17) is 4.74 Å². The number of nitrogens with zero attached hydrogens (tertiary/aromatic N) is 3. The Balaban J connectivity index is 0.000000980. The van der Waals surface area contributed by atoms with Crippen LogP contribution in [0.5, 0.6) is 0 Å². The molecule has 0 aliphatic carbocycles. The molecule has 0 saturated carbocycles. The second-order valence-corrected chi connectivity index (χ2v) is 3.47. The van der Waals surface area contributed by atoms with Crippen LogP contribution in [0.2, 0.25) is 0 Å². The molecule has 0 aromatic rings. The van der Waals surface area contributed by atoms with Crippen LogP contribution in [0.3, 0.4) is 0 Å². The van der Waals surface area contributed by atoms with Gasteiger partial charge in [-0.15, -0.1) is 4.40 Å². The summed E-state index contributed by atoms with van der Waals surface area (Å²) in [6.07, 6.45) is 0. The van der Waals surface area contributed by atoms with E-state index in [0.29, 0.717) is 26.3 Å². The Kier molecular flexibility index (Phi) is 5.18. The molecule has 1 saturated heterocycles. The minimum atomic E-state index is -1.70. The second-order valence-electron chi connectivity index (χ2n) is 2.64. The Morgan fingerprint density at radius 2 is 2.00 bits per heavy atom. The molecule has 14 heavy (non-hydrogen) atoms. The Morgan fingerprint density at radius 3 is 2.50 bits per heavy atom. The van der Waals surface area contributed by atoms with Gasteiger partial charge in [-0.1, -0.05) is 0 Å². The van der Waals surface area contributed by atoms with Crippen LogP contribution in [-0.4, -0.2) is 47.1 Å². The molecular formula is C6H8KN3O3S. The summed E-state index contributed by atoms with van der Waals surface area (Å²) >= 11 is -1.70. The van der Waals surface area contributed by atoms with Crippen molar-refractivity contribution in [3.8, 4) is 0 Å². The van der Waals surface area contributed by atoms with Gasteiger partial charge in [-0.05, 0) is 0 Å². The maximum absolute atomic E-state index is 11.1. The van der Waals surface area contributed by atoms with Gasteiger partial charge >= 0.3 is 51.4 Å². The Morgan fingerprint density at radius 1 is 1.36 bits per heavy atom. The smallest absolute Gasteiger partial charge is 0.855 e. The maximum Gasteiger partial charge on any atom is 1.00 e. The van der Waals surface area contributed by atoms with E-state index in [9.17, 15) is 9.32 Å². The van der Waals surface area contributed by atoms with Crippen LogP contribution in [0.25, 0.3) is 0 Å². The summed E-state index contributed by atoms with van der Waals surface area (Å²) in [5, 5.41) is 11.1. The fourth-order valence-corrected chi connectivity index (χ4v) is 1.82. The normalized spacial score (nSPS) is 26.6. The van der Waals surface area contributed by atoms with Crippen molar-refractivity contribution >= 4 is 22.9 Å². The fourth-order valence-electron chi connectivity index (χ4n) is 1.21. The largest absolute Gasteiger partial charge is 1.00 e. The molecule has 6 nitrogen and oxygen atoms in total. The minimum Gasteiger partial charge on any atom is -0.855 e. The van der Waals surface area contributed by atoms with E-state index in [1.807, 2.05) is 0 Å². The summed E-state index contributed by atoms with van der Waals surface area (Å²) in [5.41, 5.74) is 0. The van der Waals surface area contributed by atoms with Crippen molar-refractivity contribution in [2.24, 2.45) is 8.80 Å². The SMILES string of the molecule is O=S1N=C([O-])C(N2CCOCC2)=N1.[K+]. The number of morpholine rings is 1. The molecule has 0 spiro atoms. The van der Waals surface area contributed by atoms with Crippen molar-refractivity contribution in [3.63, 3.8) is 0 Å². The van der Waals surface area contributed by atoms with Crippen molar-refractivity contribution in [1.29, 1.82) is 0 Å². The molecule has 2 heterocycles. The van der Waals surface area contributed by atoms with Gasteiger partial charge < -0.3 is 14.7 Å². The topological polar surface area (TPSA) is 77.3 Å². The second kappa shape index (κ2) is 5.68. The van der Waals surface area contributed by atoms with Crippen molar-refractivity contribution in [1.82, 2.24) is 4.90 Å². The summed E-state index contributed by atoms with van der Waals surface area (Å²) in [6, 6.07) is 0. The van der Waals surface area contributed by atoms with E-state index < -0.39 is 17.1 Å². The standard InChI is InChI=1S/C6H9N3O3S.K/c10-6-5(7-13(11)8-6)9-1-3-12-4-2-9;/h1-4H2,(H,8,10);/q;+1/p-1. The summed E-state index contributed by atoms with van der Waals surface area (Å²) < 4.78 is 22.8. The van der Waals surface area contributed by atoms with Crippen LogP contribution in [0.4, 0.5) is 0 Å². The maximum atomic E-state index is 11.1. The average molecular weight is 241 g/mol. The van der Waals surface area contributed by atoms with Crippen molar-refractivity contribution in [2.45, 2.75) is 0 Å². The molecule has 0 aromatic carbocycles. The van der Waals surface area contributed by atoms with Crippen LogP contribution < -0.4 is 56.5 Å². The molecule has 8 heteroatoms. The van der Waals surface area contributed by atoms with Gasteiger partial charge in [0, 0.05) is 19.0 Å². The van der Waals surface area contributed by atoms with Crippen LogP contribution in [0.15, 0.2) is 8.80 Å². The number of hydrogen-bond donors (Lipinski definition) is 0. The van der Waals surface area contributed by atoms with Gasteiger partial charge in [0.1, 0.15) is 0 Å². The van der Waals surface area contributed by atoms with Gasteiger partial charge in [0.2, 0.25) is 0 Å². The van der Waals surface area contributed by atoms with Crippen molar-refractivity contribution in [2.75, 3.05) is 26.3 Å². The molecule has 72 valence electrons. The molecule has 0 N–H and O–H groups in total. The first-order valence-corrected chi connectivity index (χ1v) is 4.93. The van der Waals surface area contributed by atoms with Gasteiger partial charge in [0.15, 0.2) is 5.84 Å². The van der Waals surface area contributed by atoms with Crippen molar-refractivity contribution < 1.29 is 65.4 Å². The zero-order valence-electron chi connectivity index (χ0n) is 7.80. The average Bonchev–Trinajstić information content (AvgIpc) is 2.47. The molecule has 0 radical (unpaired) electrons. The predicted octanol–water partition coefficient (Wildman–Crippen LogP) is -4.93. The monoisotopic (exact) mass is 241 g/mol. The predicted molar refractivity (Wildman–Crippen MR) is 45.4 cm³/mol. The molecular weight excluding hydrogens is 233 g/mol. The molecule has 0 amide bonds. The van der Waals surface area contributed by atoms with Gasteiger partial charge in [-0.3, -0.25) is 0 Å². The van der Waals surface area contributed by atoms with Crippen LogP contribution >= 0.6 is 0 Å². The molecule has 0 bridgehead atoms. The third kappa shape index (κ3) is 2.84. The first kappa shape index (κ1) is 12.8. The van der Waals surface area contributed by atoms with E-state index in [2.05, 4.69) is 8.80 Å². The quantitative estimate of drug-likeness (QED) is 0.398. The number of ether oxygens (including phenoxy) is 1. The Hall–Kier alpha value is 0.686. The Labute approximate surface area is 127 Å². The van der Waals surface area contributed by atoms with E-state index in [1.165, 1.54) is 0 Å². The van der Waals surface area contributed by atoms with Gasteiger partial charge in [0.05, 0.1) is 13.2 Å². The summed E-state index contributed by atoms with van der Waals surface area (Å²) in [7, 11) is 0. The fraction of sp³-hybridized carbons (Fsp3) is 0.667. The number of rotatable bonds is 0. The zero-order valence-corrected chi connectivity index (χ0v) is 11.7. The number of hydrogen-bond acceptors (Lipinski definition) is 4. The van der Waals surface area contributed by atoms with E-state index in [-0.39, 0.29) is 57.2 Å². The third-order valence-electron chi connectivity index (χ3n) is 1.83. The molecule has 1 fully saturated rings. The van der Waals surface area contributed by atoms with E-state index >= 15 is 0 Å². The van der Waals surface area contributed by atoms with Crippen LogP contribution in [-0.2, 0) is 15.9 Å². The zero-order chi connectivity index (χ0) is 9.26. The molecule has 1 unspecified atom stereocenters. The minimum absolute atomic E-state index is 0. The Bertz CT molecular complexity index is 301. The van der Waals surface area contributed by atoms with Gasteiger partial charge in [-0.2, -0.15) is 4.40 Å². The summed E-state index contributed by atoms with van der Waals surface area (Å²) in [4.78, 5) is 1.75. The van der Waals surface area contributed by atoms with Crippen LogP contribution in [0.1, 0.15) is 0 Å². The molecule has 0 aromatic heterocycles. The first-order valence-electron chi connectivity index (χ1n) is 3.87. The van der Waals surface area contributed by atoms with E-state index in [1.54, 1.807) is 4.90 Å². The molecule has 2 aliphatic heterocycles. The van der Waals surface area contributed by atoms with Gasteiger partial charge in [0.25, 0.3) is 11.2 Å². The summed E-state index contributed by atoms with van der Waals surface area (Å²) in [6.45, 7) is 2.35.